The van der Waals surface area contributed by atoms with Gasteiger partial charge in [0.25, 0.3) is 0 Å². The van der Waals surface area contributed by atoms with Gasteiger partial charge >= 0.3 is 0 Å². The fourth-order valence-electron chi connectivity index (χ4n) is 2.92. The van der Waals surface area contributed by atoms with Gasteiger partial charge in [-0.3, -0.25) is 14.5 Å². The van der Waals surface area contributed by atoms with Crippen molar-refractivity contribution in [2.24, 2.45) is 7.05 Å². The summed E-state index contributed by atoms with van der Waals surface area (Å²) >= 11 is 0. The molecule has 1 fully saturated rings. The third-order valence-corrected chi connectivity index (χ3v) is 4.39. The van der Waals surface area contributed by atoms with Crippen molar-refractivity contribution in [2.75, 3.05) is 19.8 Å². The first-order valence-corrected chi connectivity index (χ1v) is 8.43. The zero-order valence-corrected chi connectivity index (χ0v) is 14.6. The summed E-state index contributed by atoms with van der Waals surface area (Å²) in [6.07, 6.45) is 1.72. The average Bonchev–Trinajstić information content (AvgIpc) is 2.97. The molecule has 1 aromatic heterocycles. The Balaban J connectivity index is 1.68. The molecule has 1 aliphatic rings. The Morgan fingerprint density at radius 2 is 1.92 bits per heavy atom. The number of amides is 1. The van der Waals surface area contributed by atoms with Gasteiger partial charge < -0.3 is 14.2 Å². The van der Waals surface area contributed by atoms with E-state index in [9.17, 15) is 9.59 Å². The van der Waals surface area contributed by atoms with E-state index in [0.29, 0.717) is 38.7 Å². The van der Waals surface area contributed by atoms with Crippen LogP contribution in [0.3, 0.4) is 0 Å². The summed E-state index contributed by atoms with van der Waals surface area (Å²) in [4.78, 5) is 28.0. The lowest BCUT2D eigenvalue weighted by atomic mass is 10.2. The molecular formula is C19H23N3O3. The van der Waals surface area contributed by atoms with Crippen LogP contribution in [0.25, 0.3) is 0 Å². The number of carbonyl (C=O) groups excluding carboxylic acids is 1. The van der Waals surface area contributed by atoms with Gasteiger partial charge in [-0.2, -0.15) is 0 Å². The summed E-state index contributed by atoms with van der Waals surface area (Å²) in [5, 5.41) is 0. The Kier molecular flexibility index (Phi) is 5.19. The van der Waals surface area contributed by atoms with Gasteiger partial charge in [-0.25, -0.2) is 0 Å². The molecule has 0 aliphatic carbocycles. The van der Waals surface area contributed by atoms with Gasteiger partial charge in [0.05, 0.1) is 19.4 Å². The number of benzene rings is 1. The first kappa shape index (κ1) is 17.2. The quantitative estimate of drug-likeness (QED) is 0.801. The highest BCUT2D eigenvalue weighted by Crippen LogP contribution is 2.13. The van der Waals surface area contributed by atoms with Crippen molar-refractivity contribution >= 4 is 5.91 Å². The second kappa shape index (κ2) is 7.53. The number of carbonyl (C=O) groups is 1. The molecule has 0 N–H and O–H groups in total. The van der Waals surface area contributed by atoms with E-state index in [4.69, 9.17) is 4.74 Å². The predicted molar refractivity (Wildman–Crippen MR) is 95.1 cm³/mol. The number of hydrogen-bond donors (Lipinski definition) is 0. The van der Waals surface area contributed by atoms with Crippen molar-refractivity contribution in [3.63, 3.8) is 0 Å². The van der Waals surface area contributed by atoms with Crippen LogP contribution >= 0.6 is 0 Å². The molecule has 0 saturated carbocycles. The molecule has 3 rings (SSSR count). The molecule has 0 atom stereocenters. The first-order valence-electron chi connectivity index (χ1n) is 8.43. The van der Waals surface area contributed by atoms with Gasteiger partial charge in [-0.1, -0.05) is 30.3 Å². The minimum Gasteiger partial charge on any atom is -0.483 e. The van der Waals surface area contributed by atoms with E-state index in [0.717, 1.165) is 11.3 Å². The van der Waals surface area contributed by atoms with E-state index < -0.39 is 0 Å². The van der Waals surface area contributed by atoms with Crippen LogP contribution in [0.2, 0.25) is 0 Å². The zero-order chi connectivity index (χ0) is 17.8. The number of nitrogens with zero attached hydrogens (tertiary/aromatic N) is 3. The van der Waals surface area contributed by atoms with Gasteiger partial charge in [0, 0.05) is 31.9 Å². The summed E-state index contributed by atoms with van der Waals surface area (Å²) in [6.45, 7) is 4.61. The normalized spacial score (nSPS) is 15.0. The number of aryl methyl sites for hydroxylation is 1. The molecule has 6 heteroatoms. The highest BCUT2D eigenvalue weighted by atomic mass is 16.5. The molecule has 0 bridgehead atoms. The Morgan fingerprint density at radius 3 is 2.60 bits per heavy atom. The standard InChI is InChI=1S/C19H23N3O3/c1-3-22-14-21(12-19(22)24)10-16-9-17(23)18(11-20(16)2)25-13-15-7-5-4-6-8-15/h4-9,11H,3,10,12-14H2,1-2H3. The number of likely N-dealkylation sites (N-methyl/N-ethyl adjacent to an activating group) is 1. The summed E-state index contributed by atoms with van der Waals surface area (Å²) < 4.78 is 7.56. The highest BCUT2D eigenvalue weighted by Gasteiger charge is 2.26. The lowest BCUT2D eigenvalue weighted by molar-refractivity contribution is -0.126. The number of hydrogen-bond acceptors (Lipinski definition) is 4. The Morgan fingerprint density at radius 1 is 1.16 bits per heavy atom. The molecule has 2 heterocycles. The van der Waals surface area contributed by atoms with E-state index in [-0.39, 0.29) is 11.3 Å². The van der Waals surface area contributed by atoms with E-state index in [2.05, 4.69) is 0 Å². The lowest BCUT2D eigenvalue weighted by Crippen LogP contribution is -2.27. The third kappa shape index (κ3) is 4.09. The van der Waals surface area contributed by atoms with Crippen LogP contribution < -0.4 is 10.2 Å². The van der Waals surface area contributed by atoms with Gasteiger partial charge in [-0.15, -0.1) is 0 Å². The first-order chi connectivity index (χ1) is 12.1. The van der Waals surface area contributed by atoms with Gasteiger partial charge in [-0.05, 0) is 12.5 Å². The monoisotopic (exact) mass is 341 g/mol. The molecule has 25 heavy (non-hydrogen) atoms. The maximum Gasteiger partial charge on any atom is 0.237 e. The van der Waals surface area contributed by atoms with Crippen molar-refractivity contribution in [3.8, 4) is 5.75 Å². The Bertz CT molecular complexity index is 801. The molecule has 0 unspecified atom stereocenters. The maximum absolute atomic E-state index is 12.3. The van der Waals surface area contributed by atoms with Crippen molar-refractivity contribution in [1.29, 1.82) is 0 Å². The SMILES string of the molecule is CCN1CN(Cc2cc(=O)c(OCc3ccccc3)cn2C)CC1=O. The molecule has 132 valence electrons. The van der Waals surface area contributed by atoms with Gasteiger partial charge in [0.2, 0.25) is 11.3 Å². The fraction of sp³-hybridized carbons (Fsp3) is 0.368. The molecule has 0 radical (unpaired) electrons. The maximum atomic E-state index is 12.3. The van der Waals surface area contributed by atoms with Crippen LogP contribution in [-0.4, -0.2) is 40.0 Å². The smallest absolute Gasteiger partial charge is 0.237 e. The molecule has 1 saturated heterocycles. The molecule has 1 amide bonds. The number of aromatic nitrogens is 1. The number of ether oxygens (including phenoxy) is 1. The molecule has 1 aliphatic heterocycles. The minimum atomic E-state index is -0.137. The van der Waals surface area contributed by atoms with E-state index in [1.807, 2.05) is 53.8 Å². The number of rotatable bonds is 6. The van der Waals surface area contributed by atoms with Crippen molar-refractivity contribution in [2.45, 2.75) is 20.1 Å². The average molecular weight is 341 g/mol. The molecule has 1 aromatic carbocycles. The van der Waals surface area contributed by atoms with Crippen LogP contribution in [-0.2, 0) is 25.0 Å². The largest absolute Gasteiger partial charge is 0.483 e. The van der Waals surface area contributed by atoms with Crippen LogP contribution in [0, 0.1) is 0 Å². The predicted octanol–water partition coefficient (Wildman–Crippen LogP) is 1.59. The molecule has 6 nitrogen and oxygen atoms in total. The fourth-order valence-corrected chi connectivity index (χ4v) is 2.92. The van der Waals surface area contributed by atoms with Crippen molar-refractivity contribution < 1.29 is 9.53 Å². The van der Waals surface area contributed by atoms with Gasteiger partial charge in [0.1, 0.15) is 6.61 Å². The van der Waals surface area contributed by atoms with Crippen molar-refractivity contribution in [3.05, 3.63) is 64.1 Å². The number of pyridine rings is 1. The lowest BCUT2D eigenvalue weighted by Gasteiger charge is -2.18. The topological polar surface area (TPSA) is 54.8 Å². The molecule has 2 aromatic rings. The summed E-state index contributed by atoms with van der Waals surface area (Å²) in [7, 11) is 1.89. The van der Waals surface area contributed by atoms with E-state index in [1.54, 1.807) is 17.2 Å². The van der Waals surface area contributed by atoms with E-state index >= 15 is 0 Å². The molecule has 0 spiro atoms. The second-order valence-electron chi connectivity index (χ2n) is 6.26. The zero-order valence-electron chi connectivity index (χ0n) is 14.6. The van der Waals surface area contributed by atoms with Crippen LogP contribution in [0.15, 0.2) is 47.4 Å². The van der Waals surface area contributed by atoms with Crippen LogP contribution in [0.4, 0.5) is 0 Å². The van der Waals surface area contributed by atoms with E-state index in [1.165, 1.54) is 0 Å². The second-order valence-corrected chi connectivity index (χ2v) is 6.26. The van der Waals surface area contributed by atoms with Gasteiger partial charge in [0.15, 0.2) is 5.75 Å². The minimum absolute atomic E-state index is 0.135. The third-order valence-electron chi connectivity index (χ3n) is 4.39. The van der Waals surface area contributed by atoms with Crippen LogP contribution in [0.5, 0.6) is 5.75 Å². The van der Waals surface area contributed by atoms with Crippen LogP contribution in [0.1, 0.15) is 18.2 Å². The summed E-state index contributed by atoms with van der Waals surface area (Å²) in [5.74, 6) is 0.470. The van der Waals surface area contributed by atoms with Crippen molar-refractivity contribution in [1.82, 2.24) is 14.4 Å². The summed E-state index contributed by atoms with van der Waals surface area (Å²) in [5.41, 5.74) is 1.74. The highest BCUT2D eigenvalue weighted by molar-refractivity contribution is 5.79. The Hall–Kier alpha value is -2.60. The molecular weight excluding hydrogens is 318 g/mol. The Labute approximate surface area is 147 Å². The summed E-state index contributed by atoms with van der Waals surface area (Å²) in [6, 6.07) is 11.3.